The van der Waals surface area contributed by atoms with Crippen molar-refractivity contribution >= 4 is 6.03 Å². The monoisotopic (exact) mass is 312 g/mol. The van der Waals surface area contributed by atoms with Crippen LogP contribution in [-0.4, -0.2) is 52.5 Å². The number of carbonyl (C=O) groups excluding carboxylic acids is 1. The number of nitrogens with zero attached hydrogens (tertiary/aromatic N) is 1. The van der Waals surface area contributed by atoms with Gasteiger partial charge in [0, 0.05) is 19.2 Å². The number of amides is 2. The summed E-state index contributed by atoms with van der Waals surface area (Å²) in [5.74, 6) is 0.847. The maximum absolute atomic E-state index is 12.7. The second kappa shape index (κ2) is 7.64. The predicted octanol–water partition coefficient (Wildman–Crippen LogP) is 2.12. The summed E-state index contributed by atoms with van der Waals surface area (Å²) in [4.78, 5) is 14.6. The molecule has 1 aliphatic heterocycles. The Kier molecular flexibility index (Phi) is 6.09. The summed E-state index contributed by atoms with van der Waals surface area (Å²) >= 11 is 0. The van der Waals surface area contributed by atoms with Gasteiger partial charge in [0.2, 0.25) is 0 Å². The lowest BCUT2D eigenvalue weighted by atomic mass is 9.87. The predicted molar refractivity (Wildman–Crippen MR) is 86.6 cm³/mol. The minimum absolute atomic E-state index is 0.0259. The molecule has 3 atom stereocenters. The number of urea groups is 1. The van der Waals surface area contributed by atoms with Crippen molar-refractivity contribution in [2.75, 3.05) is 19.8 Å². The Morgan fingerprint density at radius 2 is 2.09 bits per heavy atom. The highest BCUT2D eigenvalue weighted by molar-refractivity contribution is 5.76. The fourth-order valence-electron chi connectivity index (χ4n) is 4.43. The van der Waals surface area contributed by atoms with Gasteiger partial charge in [0.05, 0.1) is 12.1 Å². The standard InChI is InChI=1S/C17H32N2O3/c1-13(2)11-17(12-21)8-4-9-19(17)16(22)18-15-6-3-5-14(15)7-10-20/h13-15,20-21H,3-12H2,1-2H3,(H,18,22)/t14-,15-,17+/m1/s1. The molecule has 1 saturated carbocycles. The smallest absolute Gasteiger partial charge is 0.318 e. The van der Waals surface area contributed by atoms with E-state index in [4.69, 9.17) is 5.11 Å². The van der Waals surface area contributed by atoms with Crippen LogP contribution in [0.3, 0.4) is 0 Å². The van der Waals surface area contributed by atoms with E-state index in [1.54, 1.807) is 0 Å². The van der Waals surface area contributed by atoms with Gasteiger partial charge in [0.1, 0.15) is 0 Å². The van der Waals surface area contributed by atoms with Gasteiger partial charge in [-0.15, -0.1) is 0 Å². The summed E-state index contributed by atoms with van der Waals surface area (Å²) in [5, 5.41) is 22.3. The molecule has 0 aromatic carbocycles. The molecule has 0 radical (unpaired) electrons. The van der Waals surface area contributed by atoms with Crippen LogP contribution in [0.1, 0.15) is 58.8 Å². The van der Waals surface area contributed by atoms with Crippen LogP contribution in [0.5, 0.6) is 0 Å². The Balaban J connectivity index is 2.01. The molecule has 5 nitrogen and oxygen atoms in total. The van der Waals surface area contributed by atoms with Gasteiger partial charge in [-0.25, -0.2) is 4.79 Å². The van der Waals surface area contributed by atoms with Gasteiger partial charge in [0.15, 0.2) is 0 Å². The van der Waals surface area contributed by atoms with Gasteiger partial charge in [0.25, 0.3) is 0 Å². The van der Waals surface area contributed by atoms with Crippen molar-refractivity contribution in [1.82, 2.24) is 10.2 Å². The van der Waals surface area contributed by atoms with Crippen molar-refractivity contribution in [2.24, 2.45) is 11.8 Å². The number of aliphatic hydroxyl groups is 2. The zero-order valence-electron chi connectivity index (χ0n) is 14.1. The first kappa shape index (κ1) is 17.5. The van der Waals surface area contributed by atoms with E-state index in [2.05, 4.69) is 19.2 Å². The van der Waals surface area contributed by atoms with E-state index in [1.165, 1.54) is 0 Å². The molecule has 0 spiro atoms. The van der Waals surface area contributed by atoms with E-state index in [1.807, 2.05) is 4.90 Å². The Hall–Kier alpha value is -0.810. The molecule has 0 aromatic heterocycles. The first-order valence-electron chi connectivity index (χ1n) is 8.82. The number of hydrogen-bond donors (Lipinski definition) is 3. The number of hydrogen-bond acceptors (Lipinski definition) is 3. The highest BCUT2D eigenvalue weighted by atomic mass is 16.3. The van der Waals surface area contributed by atoms with Gasteiger partial charge in [-0.2, -0.15) is 0 Å². The molecule has 2 fully saturated rings. The lowest BCUT2D eigenvalue weighted by Crippen LogP contribution is -2.56. The Labute approximate surface area is 134 Å². The van der Waals surface area contributed by atoms with Crippen molar-refractivity contribution in [3.63, 3.8) is 0 Å². The van der Waals surface area contributed by atoms with Crippen molar-refractivity contribution in [3.05, 3.63) is 0 Å². The quantitative estimate of drug-likeness (QED) is 0.703. The summed E-state index contributed by atoms with van der Waals surface area (Å²) in [6.07, 6.45) is 6.67. The minimum atomic E-state index is -0.386. The van der Waals surface area contributed by atoms with Crippen LogP contribution in [-0.2, 0) is 0 Å². The maximum atomic E-state index is 12.7. The van der Waals surface area contributed by atoms with Crippen LogP contribution in [0.15, 0.2) is 0 Å². The third-order valence-electron chi connectivity index (χ3n) is 5.39. The first-order chi connectivity index (χ1) is 10.5. The van der Waals surface area contributed by atoms with E-state index < -0.39 is 0 Å². The fourth-order valence-corrected chi connectivity index (χ4v) is 4.43. The second-order valence-corrected chi connectivity index (χ2v) is 7.49. The molecule has 2 aliphatic rings. The average Bonchev–Trinajstić information content (AvgIpc) is 3.06. The number of carbonyl (C=O) groups is 1. The molecule has 0 aromatic rings. The van der Waals surface area contributed by atoms with Crippen LogP contribution < -0.4 is 5.32 Å². The van der Waals surface area contributed by atoms with E-state index in [-0.39, 0.29) is 30.8 Å². The van der Waals surface area contributed by atoms with Crippen LogP contribution in [0.2, 0.25) is 0 Å². The summed E-state index contributed by atoms with van der Waals surface area (Å²) in [6.45, 7) is 5.24. The fraction of sp³-hybridized carbons (Fsp3) is 0.941. The summed E-state index contributed by atoms with van der Waals surface area (Å²) in [5.41, 5.74) is -0.386. The van der Waals surface area contributed by atoms with Gasteiger partial charge < -0.3 is 20.4 Å². The Bertz CT molecular complexity index is 375. The number of nitrogens with one attached hydrogen (secondary N) is 1. The van der Waals surface area contributed by atoms with Gasteiger partial charge in [-0.1, -0.05) is 20.3 Å². The van der Waals surface area contributed by atoms with Gasteiger partial charge >= 0.3 is 6.03 Å². The van der Waals surface area contributed by atoms with Gasteiger partial charge in [-0.3, -0.25) is 0 Å². The highest BCUT2D eigenvalue weighted by Crippen LogP contribution is 2.35. The van der Waals surface area contributed by atoms with Gasteiger partial charge in [-0.05, 0) is 50.4 Å². The van der Waals surface area contributed by atoms with E-state index in [0.29, 0.717) is 11.8 Å². The Morgan fingerprint density at radius 3 is 2.73 bits per heavy atom. The van der Waals surface area contributed by atoms with E-state index in [0.717, 1.165) is 51.5 Å². The van der Waals surface area contributed by atoms with E-state index >= 15 is 0 Å². The van der Waals surface area contributed by atoms with Crippen molar-refractivity contribution in [1.29, 1.82) is 0 Å². The lowest BCUT2D eigenvalue weighted by Gasteiger charge is -2.39. The number of aliphatic hydroxyl groups excluding tert-OH is 2. The molecule has 0 bridgehead atoms. The molecule has 5 heteroatoms. The van der Waals surface area contributed by atoms with Crippen LogP contribution in [0.4, 0.5) is 4.79 Å². The van der Waals surface area contributed by atoms with Crippen molar-refractivity contribution in [3.8, 4) is 0 Å². The third kappa shape index (κ3) is 3.74. The largest absolute Gasteiger partial charge is 0.396 e. The zero-order valence-corrected chi connectivity index (χ0v) is 14.1. The SMILES string of the molecule is CC(C)C[C@]1(CO)CCCN1C(=O)N[C@@H]1CCC[C@@H]1CCO. The summed E-state index contributed by atoms with van der Waals surface area (Å²) < 4.78 is 0. The summed E-state index contributed by atoms with van der Waals surface area (Å²) in [6, 6.07) is 0.151. The normalized spacial score (nSPS) is 32.0. The first-order valence-corrected chi connectivity index (χ1v) is 8.82. The lowest BCUT2D eigenvalue weighted by molar-refractivity contribution is 0.0657. The molecule has 128 valence electrons. The van der Waals surface area contributed by atoms with Crippen LogP contribution in [0, 0.1) is 11.8 Å². The Morgan fingerprint density at radius 1 is 1.32 bits per heavy atom. The van der Waals surface area contributed by atoms with Crippen LogP contribution >= 0.6 is 0 Å². The molecule has 3 N–H and O–H groups in total. The molecular weight excluding hydrogens is 280 g/mol. The second-order valence-electron chi connectivity index (χ2n) is 7.49. The number of rotatable bonds is 6. The van der Waals surface area contributed by atoms with Crippen LogP contribution in [0.25, 0.3) is 0 Å². The molecule has 1 heterocycles. The van der Waals surface area contributed by atoms with Crippen molar-refractivity contribution in [2.45, 2.75) is 70.4 Å². The average molecular weight is 312 g/mol. The number of likely N-dealkylation sites (tertiary alicyclic amines) is 1. The van der Waals surface area contributed by atoms with E-state index in [9.17, 15) is 9.90 Å². The molecule has 2 rings (SSSR count). The molecule has 22 heavy (non-hydrogen) atoms. The molecular formula is C17H32N2O3. The third-order valence-corrected chi connectivity index (χ3v) is 5.39. The molecule has 1 saturated heterocycles. The highest BCUT2D eigenvalue weighted by Gasteiger charge is 2.44. The summed E-state index contributed by atoms with van der Waals surface area (Å²) in [7, 11) is 0. The minimum Gasteiger partial charge on any atom is -0.396 e. The van der Waals surface area contributed by atoms with Crippen molar-refractivity contribution < 1.29 is 15.0 Å². The zero-order chi connectivity index (χ0) is 16.2. The topological polar surface area (TPSA) is 72.8 Å². The molecule has 0 unspecified atom stereocenters. The maximum Gasteiger partial charge on any atom is 0.318 e. The molecule has 2 amide bonds. The molecule has 1 aliphatic carbocycles.